The van der Waals surface area contributed by atoms with Crippen molar-refractivity contribution in [2.75, 3.05) is 4.90 Å². The van der Waals surface area contributed by atoms with E-state index in [-0.39, 0.29) is 5.41 Å². The van der Waals surface area contributed by atoms with Crippen LogP contribution in [0.3, 0.4) is 0 Å². The molecular formula is C39H31N. The summed E-state index contributed by atoms with van der Waals surface area (Å²) >= 11 is 0. The lowest BCUT2D eigenvalue weighted by molar-refractivity contribution is 0.660. The molecule has 0 atom stereocenters. The van der Waals surface area contributed by atoms with E-state index < -0.39 is 0 Å². The third kappa shape index (κ3) is 4.03. The van der Waals surface area contributed by atoms with Gasteiger partial charge in [-0.2, -0.15) is 0 Å². The molecule has 1 aliphatic rings. The van der Waals surface area contributed by atoms with E-state index in [2.05, 4.69) is 170 Å². The van der Waals surface area contributed by atoms with Crippen molar-refractivity contribution in [3.05, 3.63) is 163 Å². The number of nitrogens with zero attached hydrogens (tertiary/aromatic N) is 1. The summed E-state index contributed by atoms with van der Waals surface area (Å²) in [6.07, 6.45) is 0. The number of hydrogen-bond donors (Lipinski definition) is 0. The zero-order valence-electron chi connectivity index (χ0n) is 22.9. The van der Waals surface area contributed by atoms with Gasteiger partial charge in [0.25, 0.3) is 0 Å². The van der Waals surface area contributed by atoms with E-state index in [4.69, 9.17) is 0 Å². The minimum absolute atomic E-state index is 0.0262. The van der Waals surface area contributed by atoms with Gasteiger partial charge >= 0.3 is 0 Å². The molecule has 0 amide bonds. The number of benzene rings is 6. The van der Waals surface area contributed by atoms with Crippen LogP contribution in [0, 0.1) is 0 Å². The predicted octanol–water partition coefficient (Wildman–Crippen LogP) is 10.8. The Labute approximate surface area is 237 Å². The SMILES string of the molecule is CC1(C)c2ccccc2-c2ccc(-c3ccc(N(c4ccccc4)c4ccccc4)c(-c4ccccc4)c3)cc21. The molecule has 0 bridgehead atoms. The fourth-order valence-electron chi connectivity index (χ4n) is 6.22. The molecule has 1 aliphatic carbocycles. The van der Waals surface area contributed by atoms with E-state index in [9.17, 15) is 0 Å². The topological polar surface area (TPSA) is 3.24 Å². The Bertz CT molecular complexity index is 1760. The summed E-state index contributed by atoms with van der Waals surface area (Å²) in [5, 5.41) is 0. The number of para-hydroxylation sites is 2. The molecule has 40 heavy (non-hydrogen) atoms. The van der Waals surface area contributed by atoms with Crippen LogP contribution < -0.4 is 4.90 Å². The summed E-state index contributed by atoms with van der Waals surface area (Å²) in [6, 6.07) is 54.8. The summed E-state index contributed by atoms with van der Waals surface area (Å²) < 4.78 is 0. The molecule has 1 nitrogen and oxygen atoms in total. The average Bonchev–Trinajstić information content (AvgIpc) is 3.25. The van der Waals surface area contributed by atoms with Crippen molar-refractivity contribution in [1.29, 1.82) is 0 Å². The van der Waals surface area contributed by atoms with Crippen LogP contribution in [0.25, 0.3) is 33.4 Å². The van der Waals surface area contributed by atoms with Gasteiger partial charge in [-0.3, -0.25) is 0 Å². The third-order valence-corrected chi connectivity index (χ3v) is 8.27. The Morgan fingerprint density at radius 2 is 0.925 bits per heavy atom. The van der Waals surface area contributed by atoms with E-state index in [1.54, 1.807) is 0 Å². The highest BCUT2D eigenvalue weighted by Crippen LogP contribution is 2.50. The maximum atomic E-state index is 2.41. The van der Waals surface area contributed by atoms with Crippen molar-refractivity contribution < 1.29 is 0 Å². The van der Waals surface area contributed by atoms with Crippen LogP contribution in [0.1, 0.15) is 25.0 Å². The maximum absolute atomic E-state index is 2.41. The average molecular weight is 514 g/mol. The van der Waals surface area contributed by atoms with Gasteiger partial charge < -0.3 is 4.90 Å². The van der Waals surface area contributed by atoms with E-state index in [0.717, 1.165) is 17.1 Å². The largest absolute Gasteiger partial charge is 0.310 e. The minimum Gasteiger partial charge on any atom is -0.310 e. The molecule has 0 aliphatic heterocycles. The second-order valence-electron chi connectivity index (χ2n) is 11.0. The Kier molecular flexibility index (Phi) is 5.86. The van der Waals surface area contributed by atoms with Crippen molar-refractivity contribution in [1.82, 2.24) is 0 Å². The van der Waals surface area contributed by atoms with Crippen LogP contribution in [0.15, 0.2) is 152 Å². The quantitative estimate of drug-likeness (QED) is 0.222. The van der Waals surface area contributed by atoms with Gasteiger partial charge in [0.2, 0.25) is 0 Å². The van der Waals surface area contributed by atoms with Gasteiger partial charge in [-0.1, -0.05) is 123 Å². The van der Waals surface area contributed by atoms with E-state index in [0.29, 0.717) is 0 Å². The van der Waals surface area contributed by atoms with Gasteiger partial charge in [0, 0.05) is 22.4 Å². The molecule has 0 N–H and O–H groups in total. The zero-order valence-corrected chi connectivity index (χ0v) is 22.9. The summed E-state index contributed by atoms with van der Waals surface area (Å²) in [4.78, 5) is 2.36. The predicted molar refractivity (Wildman–Crippen MR) is 170 cm³/mol. The van der Waals surface area contributed by atoms with Crippen molar-refractivity contribution in [3.63, 3.8) is 0 Å². The first-order valence-corrected chi connectivity index (χ1v) is 14.0. The Balaban J connectivity index is 1.41. The summed E-state index contributed by atoms with van der Waals surface area (Å²) in [5.41, 5.74) is 13.8. The lowest BCUT2D eigenvalue weighted by Gasteiger charge is -2.28. The molecule has 0 fully saturated rings. The highest BCUT2D eigenvalue weighted by molar-refractivity contribution is 5.91. The lowest BCUT2D eigenvalue weighted by Crippen LogP contribution is -2.14. The van der Waals surface area contributed by atoms with Crippen LogP contribution >= 0.6 is 0 Å². The monoisotopic (exact) mass is 513 g/mol. The highest BCUT2D eigenvalue weighted by Gasteiger charge is 2.35. The van der Waals surface area contributed by atoms with E-state index in [1.165, 1.54) is 44.5 Å². The van der Waals surface area contributed by atoms with Gasteiger partial charge in [0.15, 0.2) is 0 Å². The molecule has 0 spiro atoms. The molecule has 0 heterocycles. The molecule has 1 heteroatoms. The van der Waals surface area contributed by atoms with Crippen LogP contribution in [-0.4, -0.2) is 0 Å². The van der Waals surface area contributed by atoms with Gasteiger partial charge in [0.1, 0.15) is 0 Å². The maximum Gasteiger partial charge on any atom is 0.0540 e. The molecule has 0 aromatic heterocycles. The van der Waals surface area contributed by atoms with Crippen LogP contribution in [0.2, 0.25) is 0 Å². The van der Waals surface area contributed by atoms with Crippen LogP contribution in [0.4, 0.5) is 17.1 Å². The second-order valence-corrected chi connectivity index (χ2v) is 11.0. The van der Waals surface area contributed by atoms with E-state index in [1.807, 2.05) is 0 Å². The lowest BCUT2D eigenvalue weighted by atomic mass is 9.81. The van der Waals surface area contributed by atoms with Gasteiger partial charge in [-0.25, -0.2) is 0 Å². The van der Waals surface area contributed by atoms with Crippen molar-refractivity contribution in [2.24, 2.45) is 0 Å². The summed E-state index contributed by atoms with van der Waals surface area (Å²) in [6.45, 7) is 4.69. The fraction of sp³-hybridized carbons (Fsp3) is 0.0769. The first-order valence-electron chi connectivity index (χ1n) is 14.0. The third-order valence-electron chi connectivity index (χ3n) is 8.27. The van der Waals surface area contributed by atoms with E-state index >= 15 is 0 Å². The first kappa shape index (κ1) is 24.2. The number of rotatable bonds is 5. The molecule has 0 unspecified atom stereocenters. The highest BCUT2D eigenvalue weighted by atomic mass is 15.1. The molecule has 0 saturated carbocycles. The number of anilines is 3. The van der Waals surface area contributed by atoms with Crippen LogP contribution in [-0.2, 0) is 5.41 Å². The fourth-order valence-corrected chi connectivity index (χ4v) is 6.22. The van der Waals surface area contributed by atoms with Crippen LogP contribution in [0.5, 0.6) is 0 Å². The molecular weight excluding hydrogens is 482 g/mol. The van der Waals surface area contributed by atoms with Crippen molar-refractivity contribution in [2.45, 2.75) is 19.3 Å². The molecule has 6 aromatic rings. The summed E-state index contributed by atoms with van der Waals surface area (Å²) in [5.74, 6) is 0. The zero-order chi connectivity index (χ0) is 27.1. The smallest absolute Gasteiger partial charge is 0.0540 e. The Morgan fingerprint density at radius 3 is 1.60 bits per heavy atom. The minimum atomic E-state index is -0.0262. The molecule has 0 saturated heterocycles. The van der Waals surface area contributed by atoms with Gasteiger partial charge in [0.05, 0.1) is 5.69 Å². The first-order chi connectivity index (χ1) is 19.6. The normalized spacial score (nSPS) is 12.9. The van der Waals surface area contributed by atoms with Gasteiger partial charge in [-0.15, -0.1) is 0 Å². The molecule has 6 aromatic carbocycles. The molecule has 192 valence electrons. The Morgan fingerprint density at radius 1 is 0.400 bits per heavy atom. The second kappa shape index (κ2) is 9.70. The van der Waals surface area contributed by atoms with Crippen molar-refractivity contribution in [3.8, 4) is 33.4 Å². The van der Waals surface area contributed by atoms with Crippen molar-refractivity contribution >= 4 is 17.1 Å². The molecule has 0 radical (unpaired) electrons. The van der Waals surface area contributed by atoms with Gasteiger partial charge in [-0.05, 0) is 81.4 Å². The molecule has 7 rings (SSSR count). The Hall–Kier alpha value is -4.88. The number of fused-ring (bicyclic) bond motifs is 3. The summed E-state index contributed by atoms with van der Waals surface area (Å²) in [7, 11) is 0. The number of hydrogen-bond acceptors (Lipinski definition) is 1. The standard InChI is InChI=1S/C39H31N/c1-39(2)36-21-13-12-20-33(36)34-24-22-30(27-37(34)39)29-23-25-38(35(26-29)28-14-6-3-7-15-28)40(31-16-8-4-9-17-31)32-18-10-5-11-19-32/h3-27H,1-2H3.